The number of aromatic nitrogens is 1. The van der Waals surface area contributed by atoms with Crippen molar-refractivity contribution in [1.29, 1.82) is 0 Å². The monoisotopic (exact) mass is 925 g/mol. The SMILES string of the molecule is CCCCCCCCC(CN(CCCC(=O)OCCN1CCN(CCSSc2ccccn2)CC1)CC(CCCCCCCC)O[Si](C)(C)C(C)(C)C)O[Si](C)(C)C(C)(C)C. The molecule has 12 heteroatoms. The van der Waals surface area contributed by atoms with Crippen molar-refractivity contribution in [2.75, 3.05) is 71.3 Å². The van der Waals surface area contributed by atoms with Crippen molar-refractivity contribution < 1.29 is 18.4 Å². The second-order valence-electron chi connectivity index (χ2n) is 21.0. The molecule has 0 bridgehead atoms. The largest absolute Gasteiger partial charge is 0.464 e. The number of pyridine rings is 1. The molecule has 0 aromatic carbocycles. The molecule has 61 heavy (non-hydrogen) atoms. The molecule has 2 rings (SSSR count). The van der Waals surface area contributed by atoms with Gasteiger partial charge in [0.05, 0.1) is 12.2 Å². The second kappa shape index (κ2) is 30.7. The summed E-state index contributed by atoms with van der Waals surface area (Å²) in [6.07, 6.45) is 21.2. The van der Waals surface area contributed by atoms with Crippen LogP contribution in [0.4, 0.5) is 0 Å². The number of unbranched alkanes of at least 4 members (excludes halogenated alkanes) is 10. The van der Waals surface area contributed by atoms with E-state index < -0.39 is 16.6 Å². The van der Waals surface area contributed by atoms with E-state index in [1.807, 2.05) is 29.1 Å². The van der Waals surface area contributed by atoms with Crippen molar-refractivity contribution in [3.63, 3.8) is 0 Å². The van der Waals surface area contributed by atoms with Gasteiger partial charge in [-0.15, -0.1) is 0 Å². The molecule has 1 aliphatic heterocycles. The van der Waals surface area contributed by atoms with Crippen molar-refractivity contribution in [1.82, 2.24) is 19.7 Å². The maximum absolute atomic E-state index is 13.2. The van der Waals surface area contributed by atoms with Crippen LogP contribution >= 0.6 is 21.6 Å². The van der Waals surface area contributed by atoms with Gasteiger partial charge in [0.25, 0.3) is 0 Å². The van der Waals surface area contributed by atoms with Gasteiger partial charge < -0.3 is 13.6 Å². The van der Waals surface area contributed by atoms with Gasteiger partial charge in [-0.2, -0.15) is 0 Å². The van der Waals surface area contributed by atoms with Gasteiger partial charge in [0.2, 0.25) is 0 Å². The van der Waals surface area contributed by atoms with Crippen molar-refractivity contribution >= 4 is 44.2 Å². The number of rotatable bonds is 34. The van der Waals surface area contributed by atoms with Crippen molar-refractivity contribution in [2.45, 2.75) is 212 Å². The van der Waals surface area contributed by atoms with E-state index >= 15 is 0 Å². The zero-order valence-electron chi connectivity index (χ0n) is 41.8. The molecule has 2 atom stereocenters. The molecule has 1 aliphatic rings. The number of piperazine rings is 1. The summed E-state index contributed by atoms with van der Waals surface area (Å²) in [6, 6.07) is 6.07. The Morgan fingerprint density at radius 1 is 0.721 bits per heavy atom. The van der Waals surface area contributed by atoms with E-state index in [1.165, 1.54) is 77.0 Å². The number of carbonyl (C=O) groups excluding carboxylic acids is 1. The first kappa shape index (κ1) is 56.7. The summed E-state index contributed by atoms with van der Waals surface area (Å²) in [5, 5.41) is 1.38. The minimum atomic E-state index is -1.99. The number of hydrogen-bond acceptors (Lipinski definition) is 10. The van der Waals surface area contributed by atoms with E-state index in [0.29, 0.717) is 13.0 Å². The average molecular weight is 926 g/mol. The third-order valence-electron chi connectivity index (χ3n) is 13.5. The first-order valence-electron chi connectivity index (χ1n) is 24.8. The van der Waals surface area contributed by atoms with Gasteiger partial charge in [0.1, 0.15) is 11.6 Å². The van der Waals surface area contributed by atoms with Gasteiger partial charge in [0.15, 0.2) is 16.6 Å². The zero-order chi connectivity index (χ0) is 45.2. The topological polar surface area (TPSA) is 67.4 Å². The Labute approximate surface area is 387 Å². The Kier molecular flexibility index (Phi) is 28.5. The van der Waals surface area contributed by atoms with Gasteiger partial charge in [-0.05, 0) is 85.0 Å². The standard InChI is InChI=1S/C49H96N4O4S2Si2/c1-13-15-17-19-21-23-28-44(56-60(9,10)48(3,4)5)42-53(43-45(29-24-22-20-18-16-14-2)57-61(11,12)49(6,7)8)33-27-31-47(54)55-40-38-51-34-36-52(37-35-51)39-41-58-59-46-30-25-26-32-50-46/h25-26,30,32,44-45H,13-24,27-29,31,33-43H2,1-12H3. The van der Waals surface area contributed by atoms with E-state index in [0.717, 1.165) is 88.9 Å². The number of hydrogen-bond donors (Lipinski definition) is 0. The summed E-state index contributed by atoms with van der Waals surface area (Å²) in [6.45, 7) is 37.6. The number of nitrogens with zero attached hydrogens (tertiary/aromatic N) is 4. The maximum Gasteiger partial charge on any atom is 0.305 e. The fourth-order valence-corrected chi connectivity index (χ4v) is 12.1. The molecule has 2 unspecified atom stereocenters. The van der Waals surface area contributed by atoms with E-state index in [1.54, 1.807) is 10.8 Å². The molecule has 1 aromatic heterocycles. The van der Waals surface area contributed by atoms with Crippen LogP contribution in [-0.2, 0) is 18.4 Å². The van der Waals surface area contributed by atoms with Crippen molar-refractivity contribution in [3.05, 3.63) is 24.4 Å². The molecule has 1 fully saturated rings. The zero-order valence-corrected chi connectivity index (χ0v) is 45.4. The second-order valence-corrected chi connectivity index (χ2v) is 32.9. The molecular formula is C49H96N4O4S2Si2. The maximum atomic E-state index is 13.2. The van der Waals surface area contributed by atoms with Gasteiger partial charge in [0, 0.05) is 70.7 Å². The Balaban J connectivity index is 2.04. The molecule has 1 saturated heterocycles. The predicted octanol–water partition coefficient (Wildman–Crippen LogP) is 13.3. The van der Waals surface area contributed by atoms with Crippen LogP contribution < -0.4 is 0 Å². The van der Waals surface area contributed by atoms with Crippen LogP contribution in [0.25, 0.3) is 0 Å². The highest BCUT2D eigenvalue weighted by atomic mass is 33.1. The lowest BCUT2D eigenvalue weighted by molar-refractivity contribution is -0.144. The van der Waals surface area contributed by atoms with Crippen LogP contribution in [0.1, 0.15) is 158 Å². The minimum absolute atomic E-state index is 0.0664. The van der Waals surface area contributed by atoms with Gasteiger partial charge in [-0.25, -0.2) is 4.98 Å². The first-order chi connectivity index (χ1) is 28.9. The summed E-state index contributed by atoms with van der Waals surface area (Å²) < 4.78 is 20.4. The lowest BCUT2D eigenvalue weighted by Gasteiger charge is -2.42. The van der Waals surface area contributed by atoms with Gasteiger partial charge in [-0.3, -0.25) is 19.5 Å². The smallest absolute Gasteiger partial charge is 0.305 e. The summed E-state index contributed by atoms with van der Waals surface area (Å²) in [5.74, 6) is 1.02. The molecule has 2 heterocycles. The van der Waals surface area contributed by atoms with E-state index in [-0.39, 0.29) is 28.3 Å². The molecule has 356 valence electrons. The third-order valence-corrected chi connectivity index (χ3v) is 24.8. The molecule has 0 N–H and O–H groups in total. The Morgan fingerprint density at radius 2 is 1.21 bits per heavy atom. The molecular weight excluding hydrogens is 829 g/mol. The summed E-state index contributed by atoms with van der Waals surface area (Å²) in [4.78, 5) is 25.2. The van der Waals surface area contributed by atoms with E-state index in [2.05, 4.69) is 107 Å². The average Bonchev–Trinajstić information content (AvgIpc) is 3.19. The Morgan fingerprint density at radius 3 is 1.69 bits per heavy atom. The predicted molar refractivity (Wildman–Crippen MR) is 272 cm³/mol. The normalized spacial score (nSPS) is 16.0. The minimum Gasteiger partial charge on any atom is -0.464 e. The fraction of sp³-hybridized carbons (Fsp3) is 0.878. The van der Waals surface area contributed by atoms with Crippen LogP contribution in [-0.4, -0.2) is 126 Å². The van der Waals surface area contributed by atoms with Crippen LogP contribution in [0.5, 0.6) is 0 Å². The quantitative estimate of drug-likeness (QED) is 0.0289. The number of esters is 1. The van der Waals surface area contributed by atoms with Crippen LogP contribution in [0.15, 0.2) is 29.4 Å². The van der Waals surface area contributed by atoms with E-state index in [4.69, 9.17) is 13.6 Å². The fourth-order valence-electron chi connectivity index (χ4n) is 7.41. The van der Waals surface area contributed by atoms with Gasteiger partial charge in [-0.1, -0.05) is 149 Å². The number of carbonyl (C=O) groups is 1. The molecule has 0 radical (unpaired) electrons. The molecule has 0 spiro atoms. The van der Waals surface area contributed by atoms with Crippen molar-refractivity contribution in [2.24, 2.45) is 0 Å². The van der Waals surface area contributed by atoms with Crippen LogP contribution in [0.2, 0.25) is 36.3 Å². The third kappa shape index (κ3) is 25.2. The molecule has 0 saturated carbocycles. The molecule has 8 nitrogen and oxygen atoms in total. The number of ether oxygens (including phenoxy) is 1. The highest BCUT2D eigenvalue weighted by Crippen LogP contribution is 2.39. The lowest BCUT2D eigenvalue weighted by Crippen LogP contribution is -2.50. The molecule has 1 aromatic rings. The highest BCUT2D eigenvalue weighted by Gasteiger charge is 2.41. The summed E-state index contributed by atoms with van der Waals surface area (Å²) >= 11 is 0. The highest BCUT2D eigenvalue weighted by molar-refractivity contribution is 8.76. The van der Waals surface area contributed by atoms with Crippen molar-refractivity contribution in [3.8, 4) is 0 Å². The molecule has 0 aliphatic carbocycles. The van der Waals surface area contributed by atoms with Crippen LogP contribution in [0, 0.1) is 0 Å². The summed E-state index contributed by atoms with van der Waals surface area (Å²) in [5.41, 5.74) is 0. The van der Waals surface area contributed by atoms with Gasteiger partial charge >= 0.3 is 5.97 Å². The summed E-state index contributed by atoms with van der Waals surface area (Å²) in [7, 11) is -0.352. The molecule has 0 amide bonds. The lowest BCUT2D eigenvalue weighted by atomic mass is 10.1. The Hall–Kier alpha value is -0.446. The first-order valence-corrected chi connectivity index (χ1v) is 32.9. The van der Waals surface area contributed by atoms with Crippen LogP contribution in [0.3, 0.4) is 0 Å². The Bertz CT molecular complexity index is 1210. The van der Waals surface area contributed by atoms with E-state index in [9.17, 15) is 4.79 Å².